The second-order valence-electron chi connectivity index (χ2n) is 7.94. The van der Waals surface area contributed by atoms with E-state index in [0.717, 1.165) is 43.6 Å². The summed E-state index contributed by atoms with van der Waals surface area (Å²) in [6.45, 7) is 10.3. The maximum absolute atomic E-state index is 4.84. The molecule has 0 saturated carbocycles. The number of benzene rings is 1. The molecule has 1 saturated heterocycles. The van der Waals surface area contributed by atoms with E-state index in [4.69, 9.17) is 4.99 Å². The van der Waals surface area contributed by atoms with Crippen LogP contribution in [0.3, 0.4) is 0 Å². The van der Waals surface area contributed by atoms with Crippen LogP contribution in [0.2, 0.25) is 0 Å². The Labute approximate surface area is 198 Å². The SMILES string of the molecule is CCNC(=NCc1ccccc1CN1CCCC(C)C1)NCCc1ccccn1.I. The van der Waals surface area contributed by atoms with Crippen molar-refractivity contribution in [2.24, 2.45) is 10.9 Å². The van der Waals surface area contributed by atoms with E-state index in [1.165, 1.54) is 37.1 Å². The van der Waals surface area contributed by atoms with Crippen molar-refractivity contribution in [1.29, 1.82) is 0 Å². The zero-order valence-corrected chi connectivity index (χ0v) is 20.6. The molecule has 1 unspecified atom stereocenters. The van der Waals surface area contributed by atoms with Crippen LogP contribution >= 0.6 is 24.0 Å². The molecular formula is C24H36IN5. The molecule has 0 radical (unpaired) electrons. The second-order valence-corrected chi connectivity index (χ2v) is 7.94. The van der Waals surface area contributed by atoms with Gasteiger partial charge in [-0.1, -0.05) is 37.3 Å². The highest BCUT2D eigenvalue weighted by atomic mass is 127. The molecule has 30 heavy (non-hydrogen) atoms. The number of likely N-dealkylation sites (tertiary alicyclic amines) is 1. The Morgan fingerprint density at radius 3 is 2.67 bits per heavy atom. The first kappa shape index (κ1) is 24.6. The van der Waals surface area contributed by atoms with Crippen LogP contribution in [-0.2, 0) is 19.5 Å². The summed E-state index contributed by atoms with van der Waals surface area (Å²) in [5, 5.41) is 6.79. The normalized spacial score (nSPS) is 17.3. The summed E-state index contributed by atoms with van der Waals surface area (Å²) < 4.78 is 0. The van der Waals surface area contributed by atoms with E-state index in [2.05, 4.69) is 64.7 Å². The van der Waals surface area contributed by atoms with Crippen molar-refractivity contribution in [2.75, 3.05) is 26.2 Å². The van der Waals surface area contributed by atoms with Gasteiger partial charge in [0.05, 0.1) is 6.54 Å². The van der Waals surface area contributed by atoms with E-state index < -0.39 is 0 Å². The summed E-state index contributed by atoms with van der Waals surface area (Å²) in [6, 6.07) is 14.8. The van der Waals surface area contributed by atoms with E-state index in [9.17, 15) is 0 Å². The Kier molecular flexibility index (Phi) is 11.1. The molecule has 2 heterocycles. The summed E-state index contributed by atoms with van der Waals surface area (Å²) in [5.41, 5.74) is 3.80. The number of aliphatic imine (C=N–C) groups is 1. The highest BCUT2D eigenvalue weighted by Crippen LogP contribution is 2.20. The van der Waals surface area contributed by atoms with Crippen molar-refractivity contribution in [1.82, 2.24) is 20.5 Å². The van der Waals surface area contributed by atoms with Gasteiger partial charge in [-0.05, 0) is 55.5 Å². The average Bonchev–Trinajstić information content (AvgIpc) is 2.74. The molecular weight excluding hydrogens is 485 g/mol. The first-order chi connectivity index (χ1) is 14.2. The minimum absolute atomic E-state index is 0. The average molecular weight is 521 g/mol. The molecule has 2 N–H and O–H groups in total. The molecule has 0 bridgehead atoms. The molecule has 2 aromatic rings. The summed E-state index contributed by atoms with van der Waals surface area (Å²) in [4.78, 5) is 11.8. The minimum atomic E-state index is 0. The molecule has 6 heteroatoms. The van der Waals surface area contributed by atoms with Crippen LogP contribution in [0.4, 0.5) is 0 Å². The molecule has 3 rings (SSSR count). The minimum Gasteiger partial charge on any atom is -0.357 e. The topological polar surface area (TPSA) is 52.6 Å². The molecule has 1 aromatic carbocycles. The third-order valence-corrected chi connectivity index (χ3v) is 5.40. The molecule has 1 aliphatic rings. The number of nitrogens with one attached hydrogen (secondary N) is 2. The third kappa shape index (κ3) is 8.22. The molecule has 0 aliphatic carbocycles. The molecule has 5 nitrogen and oxygen atoms in total. The van der Waals surface area contributed by atoms with Crippen LogP contribution in [-0.4, -0.2) is 42.0 Å². The largest absolute Gasteiger partial charge is 0.357 e. The molecule has 0 spiro atoms. The van der Waals surface area contributed by atoms with Gasteiger partial charge in [0.25, 0.3) is 0 Å². The summed E-state index contributed by atoms with van der Waals surface area (Å²) >= 11 is 0. The molecule has 1 aromatic heterocycles. The van der Waals surface area contributed by atoms with Crippen LogP contribution in [0.25, 0.3) is 0 Å². The molecule has 1 fully saturated rings. The van der Waals surface area contributed by atoms with Gasteiger partial charge in [-0.25, -0.2) is 4.99 Å². The highest BCUT2D eigenvalue weighted by molar-refractivity contribution is 14.0. The zero-order chi connectivity index (χ0) is 20.3. The maximum Gasteiger partial charge on any atom is 0.191 e. The Morgan fingerprint density at radius 1 is 1.13 bits per heavy atom. The van der Waals surface area contributed by atoms with Crippen molar-refractivity contribution >= 4 is 29.9 Å². The summed E-state index contributed by atoms with van der Waals surface area (Å²) in [6.07, 6.45) is 5.40. The van der Waals surface area contributed by atoms with E-state index in [1.807, 2.05) is 18.3 Å². The number of rotatable bonds is 8. The van der Waals surface area contributed by atoms with Crippen LogP contribution in [0.5, 0.6) is 0 Å². The van der Waals surface area contributed by atoms with Gasteiger partial charge >= 0.3 is 0 Å². The number of guanidine groups is 1. The van der Waals surface area contributed by atoms with Gasteiger partial charge in [-0.2, -0.15) is 0 Å². The van der Waals surface area contributed by atoms with E-state index in [0.29, 0.717) is 6.54 Å². The Hall–Kier alpha value is -1.67. The number of hydrogen-bond donors (Lipinski definition) is 2. The first-order valence-corrected chi connectivity index (χ1v) is 11.0. The van der Waals surface area contributed by atoms with Crippen molar-refractivity contribution < 1.29 is 0 Å². The van der Waals surface area contributed by atoms with Crippen LogP contribution < -0.4 is 10.6 Å². The number of halogens is 1. The lowest BCUT2D eigenvalue weighted by atomic mass is 9.99. The lowest BCUT2D eigenvalue weighted by Crippen LogP contribution is -2.38. The van der Waals surface area contributed by atoms with Crippen molar-refractivity contribution in [2.45, 2.75) is 46.2 Å². The van der Waals surface area contributed by atoms with Gasteiger partial charge in [0.2, 0.25) is 0 Å². The lowest BCUT2D eigenvalue weighted by Gasteiger charge is -2.31. The second kappa shape index (κ2) is 13.6. The van der Waals surface area contributed by atoms with Gasteiger partial charge < -0.3 is 10.6 Å². The molecule has 1 aliphatic heterocycles. The van der Waals surface area contributed by atoms with Crippen molar-refractivity contribution in [3.63, 3.8) is 0 Å². The fourth-order valence-electron chi connectivity index (χ4n) is 3.90. The predicted octanol–water partition coefficient (Wildman–Crippen LogP) is 4.23. The van der Waals surface area contributed by atoms with Crippen LogP contribution in [0, 0.1) is 5.92 Å². The summed E-state index contributed by atoms with van der Waals surface area (Å²) in [5.74, 6) is 1.67. The van der Waals surface area contributed by atoms with E-state index in [1.54, 1.807) is 0 Å². The first-order valence-electron chi connectivity index (χ1n) is 11.0. The van der Waals surface area contributed by atoms with Gasteiger partial charge in [0, 0.05) is 44.5 Å². The number of pyridine rings is 1. The van der Waals surface area contributed by atoms with E-state index in [-0.39, 0.29) is 24.0 Å². The summed E-state index contributed by atoms with van der Waals surface area (Å²) in [7, 11) is 0. The molecule has 164 valence electrons. The number of piperidine rings is 1. The van der Waals surface area contributed by atoms with Gasteiger partial charge in [0.1, 0.15) is 0 Å². The Morgan fingerprint density at radius 2 is 1.93 bits per heavy atom. The number of nitrogens with zero attached hydrogens (tertiary/aromatic N) is 3. The number of hydrogen-bond acceptors (Lipinski definition) is 3. The van der Waals surface area contributed by atoms with Gasteiger partial charge in [0.15, 0.2) is 5.96 Å². The van der Waals surface area contributed by atoms with Crippen molar-refractivity contribution in [3.8, 4) is 0 Å². The molecule has 0 amide bonds. The van der Waals surface area contributed by atoms with Gasteiger partial charge in [-0.3, -0.25) is 9.88 Å². The Balaban J connectivity index is 0.00000320. The smallest absolute Gasteiger partial charge is 0.191 e. The van der Waals surface area contributed by atoms with Crippen LogP contribution in [0.1, 0.15) is 43.5 Å². The quantitative estimate of drug-likeness (QED) is 0.310. The maximum atomic E-state index is 4.84. The van der Waals surface area contributed by atoms with Crippen molar-refractivity contribution in [3.05, 3.63) is 65.5 Å². The fraction of sp³-hybridized carbons (Fsp3) is 0.500. The number of aromatic nitrogens is 1. The van der Waals surface area contributed by atoms with Gasteiger partial charge in [-0.15, -0.1) is 24.0 Å². The fourth-order valence-corrected chi connectivity index (χ4v) is 3.90. The standard InChI is InChI=1S/C24H35N5.HI/c1-3-25-24(27-15-13-23-12-6-7-14-26-23)28-17-21-10-4-5-11-22(21)19-29-16-8-9-20(2)18-29;/h4-7,10-12,14,20H,3,8-9,13,15-19H2,1-2H3,(H2,25,27,28);1H. The van der Waals surface area contributed by atoms with E-state index >= 15 is 0 Å². The lowest BCUT2D eigenvalue weighted by molar-refractivity contribution is 0.176. The monoisotopic (exact) mass is 521 g/mol. The molecule has 1 atom stereocenters. The zero-order valence-electron chi connectivity index (χ0n) is 18.3. The highest BCUT2D eigenvalue weighted by Gasteiger charge is 2.17. The Bertz CT molecular complexity index is 765. The third-order valence-electron chi connectivity index (χ3n) is 5.40. The predicted molar refractivity (Wildman–Crippen MR) is 136 cm³/mol. The van der Waals surface area contributed by atoms with Crippen LogP contribution in [0.15, 0.2) is 53.7 Å².